The predicted molar refractivity (Wildman–Crippen MR) is 128 cm³/mol. The molecule has 0 unspecified atom stereocenters. The lowest BCUT2D eigenvalue weighted by Crippen LogP contribution is -2.20. The topological polar surface area (TPSA) is 70.5 Å². The van der Waals surface area contributed by atoms with Crippen LogP contribution in [0.15, 0.2) is 96.7 Å². The maximum Gasteiger partial charge on any atom is 0.333 e. The van der Waals surface area contributed by atoms with E-state index in [0.717, 1.165) is 50.9 Å². The van der Waals surface area contributed by atoms with Crippen molar-refractivity contribution in [1.82, 2.24) is 28.7 Å². The Kier molecular flexibility index (Phi) is 4.40. The number of pyridine rings is 2. The molecular formula is C26H20N6O. The Morgan fingerprint density at radius 2 is 1.79 bits per heavy atom. The molecular weight excluding hydrogens is 412 g/mol. The zero-order chi connectivity index (χ0) is 22.4. The average Bonchev–Trinajstić information content (AvgIpc) is 3.46. The predicted octanol–water partition coefficient (Wildman–Crippen LogP) is 4.18. The Hall–Kier alpha value is -4.52. The summed E-state index contributed by atoms with van der Waals surface area (Å²) in [4.78, 5) is 26.3. The van der Waals surface area contributed by atoms with Gasteiger partial charge in [0.1, 0.15) is 0 Å². The van der Waals surface area contributed by atoms with Gasteiger partial charge in [-0.2, -0.15) is 0 Å². The van der Waals surface area contributed by atoms with E-state index in [1.807, 2.05) is 65.5 Å². The van der Waals surface area contributed by atoms with Crippen molar-refractivity contribution in [3.8, 4) is 16.8 Å². The van der Waals surface area contributed by atoms with E-state index in [4.69, 9.17) is 0 Å². The van der Waals surface area contributed by atoms with Gasteiger partial charge in [0.05, 0.1) is 34.8 Å². The third-order valence-electron chi connectivity index (χ3n) is 6.00. The van der Waals surface area contributed by atoms with Crippen LogP contribution in [0.1, 0.15) is 5.56 Å². The summed E-state index contributed by atoms with van der Waals surface area (Å²) in [7, 11) is 1.78. The molecule has 6 rings (SSSR count). The number of hydrogen-bond acceptors (Lipinski definition) is 4. The number of benzene rings is 2. The number of imidazole rings is 2. The number of rotatable bonds is 4. The number of hydrogen-bond donors (Lipinski definition) is 0. The smallest absolute Gasteiger partial charge is 0.333 e. The van der Waals surface area contributed by atoms with Crippen LogP contribution in [0.2, 0.25) is 0 Å². The first kappa shape index (κ1) is 19.2. The number of aryl methyl sites for hydroxylation is 1. The van der Waals surface area contributed by atoms with E-state index in [-0.39, 0.29) is 5.69 Å². The molecule has 0 fully saturated rings. The zero-order valence-electron chi connectivity index (χ0n) is 18.0. The fourth-order valence-corrected chi connectivity index (χ4v) is 4.29. The molecule has 4 heterocycles. The molecule has 4 aromatic heterocycles. The molecule has 0 saturated carbocycles. The second-order valence-corrected chi connectivity index (χ2v) is 8.04. The fraction of sp³-hybridized carbons (Fsp3) is 0.0769. The number of nitrogens with zero attached hydrogens (tertiary/aromatic N) is 6. The highest BCUT2D eigenvalue weighted by atomic mass is 16.1. The van der Waals surface area contributed by atoms with Crippen molar-refractivity contribution in [3.63, 3.8) is 0 Å². The van der Waals surface area contributed by atoms with Crippen molar-refractivity contribution in [2.45, 2.75) is 6.54 Å². The van der Waals surface area contributed by atoms with Crippen molar-refractivity contribution < 1.29 is 0 Å². The van der Waals surface area contributed by atoms with Crippen molar-refractivity contribution in [3.05, 3.63) is 108 Å². The lowest BCUT2D eigenvalue weighted by molar-refractivity contribution is 0.796. The fourth-order valence-electron chi connectivity index (χ4n) is 4.29. The largest absolute Gasteiger partial charge is 0.333 e. The molecule has 0 atom stereocenters. The van der Waals surface area contributed by atoms with Crippen LogP contribution in [0.5, 0.6) is 0 Å². The minimum atomic E-state index is -0.103. The van der Waals surface area contributed by atoms with Gasteiger partial charge in [0.15, 0.2) is 0 Å². The lowest BCUT2D eigenvalue weighted by atomic mass is 10.0. The van der Waals surface area contributed by atoms with Gasteiger partial charge < -0.3 is 4.57 Å². The van der Waals surface area contributed by atoms with Crippen LogP contribution in [0.25, 0.3) is 38.8 Å². The van der Waals surface area contributed by atoms with Crippen molar-refractivity contribution in [2.75, 3.05) is 0 Å². The van der Waals surface area contributed by atoms with E-state index in [9.17, 15) is 4.79 Å². The lowest BCUT2D eigenvalue weighted by Gasteiger charge is -2.09. The molecule has 0 spiro atoms. The molecule has 0 aliphatic carbocycles. The van der Waals surface area contributed by atoms with Crippen LogP contribution in [0, 0.1) is 0 Å². The monoisotopic (exact) mass is 432 g/mol. The van der Waals surface area contributed by atoms with Gasteiger partial charge in [-0.1, -0.05) is 24.3 Å². The summed E-state index contributed by atoms with van der Waals surface area (Å²) in [5, 5.41) is 0.925. The maximum atomic E-state index is 13.3. The molecule has 7 nitrogen and oxygen atoms in total. The van der Waals surface area contributed by atoms with Crippen LogP contribution < -0.4 is 5.69 Å². The summed E-state index contributed by atoms with van der Waals surface area (Å²) in [6, 6.07) is 18.1. The van der Waals surface area contributed by atoms with E-state index >= 15 is 0 Å². The van der Waals surface area contributed by atoms with Crippen LogP contribution in [-0.2, 0) is 13.6 Å². The Labute approximate surface area is 189 Å². The molecule has 7 heteroatoms. The number of aromatic nitrogens is 6. The SMILES string of the molecule is Cn1c(=O)n(-c2ccc(Cn3ccnc3)cc2)c2c3cc(-c4cccnc4)ccc3ncc21. The average molecular weight is 432 g/mol. The molecule has 0 bridgehead atoms. The van der Waals surface area contributed by atoms with Gasteiger partial charge in [-0.05, 0) is 41.5 Å². The molecule has 0 N–H and O–H groups in total. The van der Waals surface area contributed by atoms with E-state index in [1.165, 1.54) is 0 Å². The third-order valence-corrected chi connectivity index (χ3v) is 6.00. The van der Waals surface area contributed by atoms with Crippen LogP contribution in [0.4, 0.5) is 0 Å². The molecule has 160 valence electrons. The first-order valence-corrected chi connectivity index (χ1v) is 10.6. The highest BCUT2D eigenvalue weighted by Gasteiger charge is 2.16. The van der Waals surface area contributed by atoms with E-state index in [0.29, 0.717) is 0 Å². The first-order valence-electron chi connectivity index (χ1n) is 10.6. The van der Waals surface area contributed by atoms with E-state index < -0.39 is 0 Å². The Balaban J connectivity index is 1.54. The van der Waals surface area contributed by atoms with E-state index in [1.54, 1.807) is 41.1 Å². The molecule has 2 aromatic carbocycles. The van der Waals surface area contributed by atoms with Gasteiger partial charge in [-0.3, -0.25) is 19.1 Å². The molecule has 6 aromatic rings. The summed E-state index contributed by atoms with van der Waals surface area (Å²) >= 11 is 0. The van der Waals surface area contributed by atoms with Crippen LogP contribution in [-0.4, -0.2) is 28.7 Å². The third kappa shape index (κ3) is 3.22. The quantitative estimate of drug-likeness (QED) is 0.419. The highest BCUT2D eigenvalue weighted by molar-refractivity contribution is 6.04. The Bertz CT molecular complexity index is 1650. The molecule has 0 radical (unpaired) electrons. The normalized spacial score (nSPS) is 11.4. The van der Waals surface area contributed by atoms with Crippen LogP contribution in [0.3, 0.4) is 0 Å². The first-order chi connectivity index (χ1) is 16.2. The van der Waals surface area contributed by atoms with Gasteiger partial charge in [0.2, 0.25) is 0 Å². The summed E-state index contributed by atoms with van der Waals surface area (Å²) in [5.74, 6) is 0. The zero-order valence-corrected chi connectivity index (χ0v) is 18.0. The minimum absolute atomic E-state index is 0.103. The van der Waals surface area contributed by atoms with Gasteiger partial charge in [0, 0.05) is 49.3 Å². The Morgan fingerprint density at radius 1 is 0.909 bits per heavy atom. The van der Waals surface area contributed by atoms with Gasteiger partial charge in [0.25, 0.3) is 0 Å². The van der Waals surface area contributed by atoms with Crippen molar-refractivity contribution >= 4 is 21.9 Å². The summed E-state index contributed by atoms with van der Waals surface area (Å²) < 4.78 is 5.43. The summed E-state index contributed by atoms with van der Waals surface area (Å²) in [6.45, 7) is 0.728. The van der Waals surface area contributed by atoms with Gasteiger partial charge >= 0.3 is 5.69 Å². The van der Waals surface area contributed by atoms with Crippen LogP contribution >= 0.6 is 0 Å². The molecule has 0 aliphatic rings. The molecule has 33 heavy (non-hydrogen) atoms. The second kappa shape index (κ2) is 7.56. The molecule has 0 saturated heterocycles. The highest BCUT2D eigenvalue weighted by Crippen LogP contribution is 2.29. The molecule has 0 amide bonds. The maximum absolute atomic E-state index is 13.3. The molecule has 0 aliphatic heterocycles. The summed E-state index contributed by atoms with van der Waals surface area (Å²) in [6.07, 6.45) is 10.9. The second-order valence-electron chi connectivity index (χ2n) is 8.04. The Morgan fingerprint density at radius 3 is 2.55 bits per heavy atom. The van der Waals surface area contributed by atoms with Gasteiger partial charge in [-0.25, -0.2) is 9.78 Å². The van der Waals surface area contributed by atoms with Crippen molar-refractivity contribution in [1.29, 1.82) is 0 Å². The van der Waals surface area contributed by atoms with Crippen molar-refractivity contribution in [2.24, 2.45) is 7.05 Å². The van der Waals surface area contributed by atoms with E-state index in [2.05, 4.69) is 21.0 Å². The minimum Gasteiger partial charge on any atom is -0.333 e. The standard InChI is InChI=1S/C26H20N6O/c1-30-24-15-29-23-9-6-19(20-3-2-10-27-14-20)13-22(23)25(24)32(26(30)33)21-7-4-18(5-8-21)16-31-12-11-28-17-31/h2-15,17H,16H2,1H3. The summed E-state index contributed by atoms with van der Waals surface area (Å²) in [5.41, 5.74) is 6.38. The number of fused-ring (bicyclic) bond motifs is 3. The van der Waals surface area contributed by atoms with Gasteiger partial charge in [-0.15, -0.1) is 0 Å².